The van der Waals surface area contributed by atoms with Gasteiger partial charge in [-0.25, -0.2) is 9.59 Å². The molecule has 0 radical (unpaired) electrons. The second-order valence-electron chi connectivity index (χ2n) is 11.2. The van der Waals surface area contributed by atoms with Gasteiger partial charge in [-0.2, -0.15) is 0 Å². The van der Waals surface area contributed by atoms with E-state index in [9.17, 15) is 19.2 Å². The van der Waals surface area contributed by atoms with Crippen LogP contribution in [0, 0.1) is 6.92 Å². The van der Waals surface area contributed by atoms with Gasteiger partial charge >= 0.3 is 11.9 Å². The summed E-state index contributed by atoms with van der Waals surface area (Å²) in [5.41, 5.74) is 2.47. The normalized spacial score (nSPS) is 9.76. The number of allylic oxidation sites excluding steroid dienone is 1. The van der Waals surface area contributed by atoms with Gasteiger partial charge in [0.2, 0.25) is 0 Å². The number of aldehydes is 1. The number of carbonyl (C=O) groups excluding carboxylic acids is 4. The lowest BCUT2D eigenvalue weighted by molar-refractivity contribution is -0.137. The van der Waals surface area contributed by atoms with Gasteiger partial charge in [-0.3, -0.25) is 14.4 Å². The predicted molar refractivity (Wildman–Crippen MR) is 197 cm³/mol. The van der Waals surface area contributed by atoms with Crippen molar-refractivity contribution in [2.24, 2.45) is 0 Å². The van der Waals surface area contributed by atoms with Crippen molar-refractivity contribution < 1.29 is 48.0 Å². The van der Waals surface area contributed by atoms with E-state index in [1.165, 1.54) is 18.9 Å². The summed E-state index contributed by atoms with van der Waals surface area (Å²) < 4.78 is 21.5. The maximum absolute atomic E-state index is 12.2. The van der Waals surface area contributed by atoms with E-state index in [0.29, 0.717) is 42.3 Å². The second kappa shape index (κ2) is 27.3. The number of unbranched alkanes of at least 4 members (excludes halogenated alkanes) is 7. The molecule has 0 saturated carbocycles. The van der Waals surface area contributed by atoms with Crippen molar-refractivity contribution >= 4 is 30.5 Å². The molecule has 3 aromatic rings. The zero-order valence-corrected chi connectivity index (χ0v) is 29.7. The number of benzene rings is 3. The van der Waals surface area contributed by atoms with Crippen LogP contribution in [0.3, 0.4) is 0 Å². The minimum Gasteiger partial charge on any atom is -0.494 e. The summed E-state index contributed by atoms with van der Waals surface area (Å²) in [7, 11) is 0. The Morgan fingerprint density at radius 2 is 1.18 bits per heavy atom. The second-order valence-corrected chi connectivity index (χ2v) is 11.2. The van der Waals surface area contributed by atoms with Crippen molar-refractivity contribution in [1.82, 2.24) is 0 Å². The Morgan fingerprint density at radius 3 is 1.67 bits per heavy atom. The maximum atomic E-state index is 12.2. The van der Waals surface area contributed by atoms with Crippen molar-refractivity contribution in [2.45, 2.75) is 71.6 Å². The van der Waals surface area contributed by atoms with Crippen LogP contribution >= 0.6 is 0 Å². The number of carboxylic acid groups (broad SMARTS) is 1. The number of ether oxygens (including phenoxy) is 4. The van der Waals surface area contributed by atoms with Gasteiger partial charge in [0.1, 0.15) is 23.5 Å². The van der Waals surface area contributed by atoms with Crippen LogP contribution in [0.5, 0.6) is 17.2 Å². The average molecular weight is 703 g/mol. The summed E-state index contributed by atoms with van der Waals surface area (Å²) in [5.74, 6) is 1.08. The molecule has 3 rings (SSSR count). The molecule has 0 bridgehead atoms. The molecule has 0 aliphatic heterocycles. The molecule has 0 fully saturated rings. The zero-order chi connectivity index (χ0) is 37.7. The lowest BCUT2D eigenvalue weighted by atomic mass is 10.1. The Balaban J connectivity index is 0.000000487. The van der Waals surface area contributed by atoms with Crippen molar-refractivity contribution in [1.29, 1.82) is 0 Å². The average Bonchev–Trinajstić information content (AvgIpc) is 3.14. The highest BCUT2D eigenvalue weighted by Crippen LogP contribution is 2.19. The van der Waals surface area contributed by atoms with E-state index in [0.717, 1.165) is 68.3 Å². The quantitative estimate of drug-likeness (QED) is 0.0218. The Morgan fingerprint density at radius 1 is 0.686 bits per heavy atom. The smallest absolute Gasteiger partial charge is 0.343 e. The van der Waals surface area contributed by atoms with Crippen LogP contribution in [0.25, 0.3) is 0 Å². The first-order valence-electron chi connectivity index (χ1n) is 16.9. The number of hydrogen-bond acceptors (Lipinski definition) is 9. The number of aryl methyl sites for hydroxylation is 1. The molecule has 1 N–H and O–H groups in total. The summed E-state index contributed by atoms with van der Waals surface area (Å²) in [5, 5.41) is 6.89. The van der Waals surface area contributed by atoms with Gasteiger partial charge < -0.3 is 24.1 Å². The summed E-state index contributed by atoms with van der Waals surface area (Å²) in [4.78, 5) is 53.5. The van der Waals surface area contributed by atoms with Gasteiger partial charge in [0.05, 0.1) is 25.4 Å². The number of ketones is 1. The fourth-order valence-electron chi connectivity index (χ4n) is 4.36. The maximum Gasteiger partial charge on any atom is 0.343 e. The minimum absolute atomic E-state index is 0.0544. The molecule has 3 aromatic carbocycles. The number of hydrogen-bond donors (Lipinski definition) is 1. The number of Topliss-reactive ketones (excluding diaryl/α,β-unsaturated/α-hetero) is 1. The third-order valence-electron chi connectivity index (χ3n) is 7.23. The van der Waals surface area contributed by atoms with Gasteiger partial charge in [-0.05, 0) is 125 Å². The highest BCUT2D eigenvalue weighted by Gasteiger charge is 2.10. The lowest BCUT2D eigenvalue weighted by Crippen LogP contribution is -2.09. The first kappa shape index (κ1) is 43.5. The van der Waals surface area contributed by atoms with Gasteiger partial charge in [-0.15, -0.1) is 6.58 Å². The summed E-state index contributed by atoms with van der Waals surface area (Å²) in [6, 6.07) is 19.0. The van der Waals surface area contributed by atoms with E-state index < -0.39 is 5.97 Å². The van der Waals surface area contributed by atoms with Crippen molar-refractivity contribution in [3.63, 3.8) is 0 Å². The van der Waals surface area contributed by atoms with Gasteiger partial charge in [0.25, 0.3) is 6.47 Å². The van der Waals surface area contributed by atoms with Gasteiger partial charge in [0, 0.05) is 17.2 Å². The molecule has 0 saturated heterocycles. The molecule has 0 aliphatic rings. The topological polar surface area (TPSA) is 142 Å². The third-order valence-corrected chi connectivity index (χ3v) is 7.23. The number of carbonyl (C=O) groups is 5. The van der Waals surface area contributed by atoms with Crippen LogP contribution in [0.4, 0.5) is 0 Å². The molecule has 0 atom stereocenters. The number of rotatable bonds is 21. The molecule has 0 unspecified atom stereocenters. The molecule has 0 aliphatic carbocycles. The molecule has 0 heterocycles. The number of esters is 2. The van der Waals surface area contributed by atoms with Gasteiger partial charge in [-0.1, -0.05) is 31.6 Å². The van der Waals surface area contributed by atoms with E-state index in [4.69, 9.17) is 28.8 Å². The predicted octanol–water partition coefficient (Wildman–Crippen LogP) is 8.80. The first-order valence-corrected chi connectivity index (χ1v) is 16.9. The highest BCUT2D eigenvalue weighted by atomic mass is 16.5. The van der Waals surface area contributed by atoms with Crippen LogP contribution in [0.1, 0.15) is 101 Å². The van der Waals surface area contributed by atoms with E-state index in [1.54, 1.807) is 61.5 Å². The zero-order valence-electron chi connectivity index (χ0n) is 29.7. The highest BCUT2D eigenvalue weighted by molar-refractivity contribution is 5.94. The SMILES string of the molecule is C=CC(=O)OCCCCCCOc1ccc(C(C)=O)cc1.C=CCCCCCCOc1ccc(C(=O)Oc2ccc(C)c(C=O)c2)cc1.O=CO. The molecular formula is C41H50O10. The fourth-order valence-corrected chi connectivity index (χ4v) is 4.36. The van der Waals surface area contributed by atoms with Crippen LogP contribution in [-0.4, -0.2) is 55.4 Å². The van der Waals surface area contributed by atoms with E-state index in [-0.39, 0.29) is 18.2 Å². The van der Waals surface area contributed by atoms with Crippen LogP contribution in [0.2, 0.25) is 0 Å². The van der Waals surface area contributed by atoms with E-state index >= 15 is 0 Å². The Labute approximate surface area is 301 Å². The standard InChI is InChI=1S/C23H26O4.C17H22O4.CH2O2/c1-3-4-5-6-7-8-15-26-21-13-10-19(11-14-21)23(25)27-22-12-9-18(2)20(16-22)17-24;1-3-17(19)21-13-7-5-4-6-12-20-16-10-8-15(9-11-16)14(2)18;2-1-3/h3,9-14,16-17H,1,4-8,15H2,2H3;3,8-11H,1,4-7,12-13H2,2H3;1H,(H,2,3). The molecule has 0 amide bonds. The van der Waals surface area contributed by atoms with Crippen LogP contribution in [0.15, 0.2) is 92.0 Å². The van der Waals surface area contributed by atoms with E-state index in [1.807, 2.05) is 25.1 Å². The fraction of sp³-hybridized carbons (Fsp3) is 0.341. The summed E-state index contributed by atoms with van der Waals surface area (Å²) >= 11 is 0. The molecule has 10 nitrogen and oxygen atoms in total. The molecule has 0 spiro atoms. The molecule has 0 aromatic heterocycles. The molecule has 10 heteroatoms. The Hall–Kier alpha value is -5.51. The largest absolute Gasteiger partial charge is 0.494 e. The van der Waals surface area contributed by atoms with Crippen molar-refractivity contribution in [2.75, 3.05) is 19.8 Å². The molecule has 51 heavy (non-hydrogen) atoms. The minimum atomic E-state index is -0.468. The van der Waals surface area contributed by atoms with Crippen LogP contribution in [-0.2, 0) is 14.3 Å². The lowest BCUT2D eigenvalue weighted by Gasteiger charge is -2.08. The van der Waals surface area contributed by atoms with Gasteiger partial charge in [0.15, 0.2) is 5.78 Å². The Bertz CT molecular complexity index is 1490. The monoisotopic (exact) mass is 702 g/mol. The van der Waals surface area contributed by atoms with Crippen molar-refractivity contribution in [3.8, 4) is 17.2 Å². The third kappa shape index (κ3) is 19.9. The molecular weight excluding hydrogens is 652 g/mol. The Kier molecular flexibility index (Phi) is 23.3. The van der Waals surface area contributed by atoms with E-state index in [2.05, 4.69) is 13.2 Å². The summed E-state index contributed by atoms with van der Waals surface area (Å²) in [6.07, 6.45) is 13.3. The molecule has 274 valence electrons. The summed E-state index contributed by atoms with van der Waals surface area (Å²) in [6.45, 7) is 11.9. The first-order chi connectivity index (χ1) is 24.7. The van der Waals surface area contributed by atoms with Crippen molar-refractivity contribution in [3.05, 3.63) is 114 Å². The van der Waals surface area contributed by atoms with Crippen LogP contribution < -0.4 is 14.2 Å².